The maximum absolute atomic E-state index is 12.5. The third-order valence-corrected chi connectivity index (χ3v) is 6.20. The van der Waals surface area contributed by atoms with Crippen LogP contribution >= 0.6 is 0 Å². The fourth-order valence-electron chi connectivity index (χ4n) is 3.25. The van der Waals surface area contributed by atoms with Gasteiger partial charge in [-0.25, -0.2) is 9.67 Å². The van der Waals surface area contributed by atoms with E-state index in [1.165, 1.54) is 18.5 Å². The maximum atomic E-state index is 12.5. The Hall–Kier alpha value is -2.59. The Morgan fingerprint density at radius 2 is 1.77 bits per heavy atom. The van der Waals surface area contributed by atoms with Gasteiger partial charge in [0, 0.05) is 5.56 Å². The minimum Gasteiger partial charge on any atom is -0.342 e. The molecule has 0 radical (unpaired) electrons. The molecule has 0 saturated carbocycles. The van der Waals surface area contributed by atoms with Crippen molar-refractivity contribution in [2.45, 2.75) is 37.2 Å². The van der Waals surface area contributed by atoms with Crippen molar-refractivity contribution in [2.75, 3.05) is 13.2 Å². The van der Waals surface area contributed by atoms with Gasteiger partial charge < -0.3 is 9.47 Å². The molecule has 158 valence electrons. The van der Waals surface area contributed by atoms with E-state index in [1.807, 2.05) is 38.1 Å². The van der Waals surface area contributed by atoms with Gasteiger partial charge in [-0.15, -0.1) is 0 Å². The van der Waals surface area contributed by atoms with Crippen LogP contribution in [0.3, 0.4) is 0 Å². The van der Waals surface area contributed by atoms with E-state index in [2.05, 4.69) is 10.1 Å². The molecule has 30 heavy (non-hydrogen) atoms. The molecule has 1 saturated heterocycles. The lowest BCUT2D eigenvalue weighted by molar-refractivity contribution is -0.190. The maximum Gasteiger partial charge on any atom is 0.297 e. The Balaban J connectivity index is 1.50. The van der Waals surface area contributed by atoms with Crippen LogP contribution in [0, 0.1) is 13.8 Å². The van der Waals surface area contributed by atoms with E-state index in [9.17, 15) is 8.42 Å². The van der Waals surface area contributed by atoms with E-state index in [4.69, 9.17) is 13.7 Å². The number of ether oxygens (including phenoxy) is 2. The average Bonchev–Trinajstić information content (AvgIpc) is 3.38. The van der Waals surface area contributed by atoms with Crippen LogP contribution in [-0.2, 0) is 36.1 Å². The molecule has 0 amide bonds. The molecule has 0 spiro atoms. The minimum atomic E-state index is -3.89. The molecule has 9 heteroatoms. The molecule has 1 aromatic heterocycles. The molecule has 8 nitrogen and oxygen atoms in total. The highest BCUT2D eigenvalue weighted by Gasteiger charge is 2.44. The summed E-state index contributed by atoms with van der Waals surface area (Å²) in [5.74, 6) is -1.11. The summed E-state index contributed by atoms with van der Waals surface area (Å²) < 4.78 is 44.1. The zero-order valence-corrected chi connectivity index (χ0v) is 17.6. The molecule has 1 fully saturated rings. The van der Waals surface area contributed by atoms with Gasteiger partial charge in [0.2, 0.25) is 5.79 Å². The summed E-state index contributed by atoms with van der Waals surface area (Å²) in [6.45, 7) is 4.20. The predicted octanol–water partition coefficient (Wildman–Crippen LogP) is 2.57. The fourth-order valence-corrected chi connectivity index (χ4v) is 4.18. The summed E-state index contributed by atoms with van der Waals surface area (Å²) in [4.78, 5) is 4.08. The average molecular weight is 429 g/mol. The molecule has 0 N–H and O–H groups in total. The molecule has 4 rings (SSSR count). The number of nitrogens with zero attached hydrogens (tertiary/aromatic N) is 3. The lowest BCUT2D eigenvalue weighted by atomic mass is 10.0. The Bertz CT molecular complexity index is 1080. The summed E-state index contributed by atoms with van der Waals surface area (Å²) >= 11 is 0. The summed E-state index contributed by atoms with van der Waals surface area (Å²) in [5.41, 5.74) is 2.89. The first-order chi connectivity index (χ1) is 14.4. The van der Waals surface area contributed by atoms with Crippen LogP contribution in [0.2, 0.25) is 0 Å². The van der Waals surface area contributed by atoms with Crippen LogP contribution in [0.1, 0.15) is 16.7 Å². The molecule has 2 aromatic carbocycles. The monoisotopic (exact) mass is 429 g/mol. The number of benzene rings is 2. The van der Waals surface area contributed by atoms with Crippen molar-refractivity contribution < 1.29 is 22.1 Å². The van der Waals surface area contributed by atoms with E-state index in [0.717, 1.165) is 16.7 Å². The first kappa shape index (κ1) is 20.7. The second kappa shape index (κ2) is 8.27. The third-order valence-electron chi connectivity index (χ3n) is 4.91. The number of aryl methyl sites for hydroxylation is 2. The molecular weight excluding hydrogens is 406 g/mol. The van der Waals surface area contributed by atoms with Crippen LogP contribution in [0.15, 0.2) is 66.1 Å². The summed E-state index contributed by atoms with van der Waals surface area (Å²) in [7, 11) is -3.89. The zero-order valence-electron chi connectivity index (χ0n) is 16.8. The van der Waals surface area contributed by atoms with Crippen molar-refractivity contribution in [3.05, 3.63) is 77.9 Å². The highest BCUT2D eigenvalue weighted by Crippen LogP contribution is 2.36. The van der Waals surface area contributed by atoms with Crippen LogP contribution in [0.5, 0.6) is 0 Å². The number of aromatic nitrogens is 3. The highest BCUT2D eigenvalue weighted by atomic mass is 32.2. The topological polar surface area (TPSA) is 92.5 Å². The number of hydrogen-bond acceptors (Lipinski definition) is 7. The van der Waals surface area contributed by atoms with Crippen LogP contribution in [0.25, 0.3) is 0 Å². The highest BCUT2D eigenvalue weighted by molar-refractivity contribution is 7.86. The van der Waals surface area contributed by atoms with Gasteiger partial charge in [-0.1, -0.05) is 47.5 Å². The molecule has 0 bridgehead atoms. The van der Waals surface area contributed by atoms with Gasteiger partial charge in [0.05, 0.1) is 18.1 Å². The fraction of sp³-hybridized carbons (Fsp3) is 0.333. The Kier molecular flexibility index (Phi) is 5.70. The van der Waals surface area contributed by atoms with Gasteiger partial charge in [0.25, 0.3) is 10.1 Å². The SMILES string of the molecule is Cc1ccc(C2(Cn3cncn3)OCC(COS(=O)(=O)c3ccc(C)cc3)O2)cc1. The largest absolute Gasteiger partial charge is 0.342 e. The molecule has 3 aromatic rings. The standard InChI is InChI=1S/C21H23N3O5S/c1-16-3-7-18(8-4-16)21(13-24-15-22-14-23-24)27-11-19(29-21)12-28-30(25,26)20-9-5-17(2)6-10-20/h3-10,14-15,19H,11-13H2,1-2H3. The summed E-state index contributed by atoms with van der Waals surface area (Å²) in [6.07, 6.45) is 2.45. The van der Waals surface area contributed by atoms with Crippen molar-refractivity contribution in [1.82, 2.24) is 14.8 Å². The van der Waals surface area contributed by atoms with E-state index in [-0.39, 0.29) is 24.7 Å². The van der Waals surface area contributed by atoms with Gasteiger partial charge in [-0.3, -0.25) is 4.18 Å². The summed E-state index contributed by atoms with van der Waals surface area (Å²) in [5, 5.41) is 4.14. The van der Waals surface area contributed by atoms with Crippen molar-refractivity contribution in [2.24, 2.45) is 0 Å². The molecule has 2 unspecified atom stereocenters. The smallest absolute Gasteiger partial charge is 0.297 e. The number of hydrogen-bond donors (Lipinski definition) is 0. The van der Waals surface area contributed by atoms with Gasteiger partial charge in [0.15, 0.2) is 0 Å². The molecule has 1 aliphatic rings. The van der Waals surface area contributed by atoms with Gasteiger partial charge in [-0.2, -0.15) is 13.5 Å². The zero-order chi connectivity index (χ0) is 21.2. The van der Waals surface area contributed by atoms with Crippen molar-refractivity contribution in [1.29, 1.82) is 0 Å². The van der Waals surface area contributed by atoms with Crippen molar-refractivity contribution >= 4 is 10.1 Å². The lowest BCUT2D eigenvalue weighted by Gasteiger charge is -2.28. The first-order valence-corrected chi connectivity index (χ1v) is 10.9. The quantitative estimate of drug-likeness (QED) is 0.533. The third kappa shape index (κ3) is 4.44. The molecular formula is C21H23N3O5S. The van der Waals surface area contributed by atoms with Crippen molar-refractivity contribution in [3.8, 4) is 0 Å². The number of rotatable bonds is 7. The van der Waals surface area contributed by atoms with E-state index < -0.39 is 22.0 Å². The van der Waals surface area contributed by atoms with E-state index in [0.29, 0.717) is 0 Å². The van der Waals surface area contributed by atoms with Crippen LogP contribution in [0.4, 0.5) is 0 Å². The molecule has 1 aliphatic heterocycles. The minimum absolute atomic E-state index is 0.111. The van der Waals surface area contributed by atoms with Crippen LogP contribution < -0.4 is 0 Å². The molecule has 0 aliphatic carbocycles. The van der Waals surface area contributed by atoms with Gasteiger partial charge >= 0.3 is 0 Å². The second-order valence-electron chi connectivity index (χ2n) is 7.31. The Morgan fingerprint density at radius 3 is 2.40 bits per heavy atom. The lowest BCUT2D eigenvalue weighted by Crippen LogP contribution is -2.34. The Labute approximate surface area is 175 Å². The van der Waals surface area contributed by atoms with E-state index in [1.54, 1.807) is 23.1 Å². The normalized spacial score (nSPS) is 21.7. The predicted molar refractivity (Wildman–Crippen MR) is 108 cm³/mol. The summed E-state index contributed by atoms with van der Waals surface area (Å²) in [6, 6.07) is 14.3. The first-order valence-electron chi connectivity index (χ1n) is 9.54. The Morgan fingerprint density at radius 1 is 1.10 bits per heavy atom. The second-order valence-corrected chi connectivity index (χ2v) is 8.93. The van der Waals surface area contributed by atoms with Gasteiger partial charge in [0.1, 0.15) is 25.3 Å². The molecule has 2 heterocycles. The van der Waals surface area contributed by atoms with Crippen molar-refractivity contribution in [3.63, 3.8) is 0 Å². The van der Waals surface area contributed by atoms with Gasteiger partial charge in [-0.05, 0) is 26.0 Å². The molecule has 2 atom stereocenters. The van der Waals surface area contributed by atoms with Crippen LogP contribution in [-0.4, -0.2) is 42.5 Å². The van der Waals surface area contributed by atoms with E-state index >= 15 is 0 Å².